The first-order valence-electron chi connectivity index (χ1n) is 8.34. The number of aromatic nitrogens is 1. The van der Waals surface area contributed by atoms with Gasteiger partial charge >= 0.3 is 0 Å². The molecule has 2 heterocycles. The molecule has 0 bridgehead atoms. The van der Waals surface area contributed by atoms with E-state index in [1.165, 1.54) is 24.1 Å². The van der Waals surface area contributed by atoms with E-state index in [4.69, 9.17) is 0 Å². The molecule has 2 aromatic carbocycles. The van der Waals surface area contributed by atoms with Crippen LogP contribution in [0.3, 0.4) is 0 Å². The second-order valence-electron chi connectivity index (χ2n) is 6.06. The van der Waals surface area contributed by atoms with E-state index in [1.54, 1.807) is 6.92 Å². The maximum atomic E-state index is 11.3. The zero-order chi connectivity index (χ0) is 16.9. The number of hydrogen-bond donors (Lipinski definition) is 1. The number of fused-ring (bicyclic) bond motifs is 2. The number of carbonyl (C=O) groups excluding carboxylic acids is 1. The number of nitrogens with one attached hydrogen (secondary N) is 1. The van der Waals surface area contributed by atoms with Crippen molar-refractivity contribution < 1.29 is 4.79 Å². The maximum Gasteiger partial charge on any atom is 0.161 e. The van der Waals surface area contributed by atoms with Crippen LogP contribution >= 0.6 is 0 Å². The van der Waals surface area contributed by atoms with Crippen LogP contribution in [0.5, 0.6) is 0 Å². The minimum absolute atomic E-state index is 0.0701. The van der Waals surface area contributed by atoms with Crippen molar-refractivity contribution in [3.8, 4) is 0 Å². The van der Waals surface area contributed by atoms with Gasteiger partial charge in [-0.2, -0.15) is 0 Å². The zero-order valence-electron chi connectivity index (χ0n) is 14.2. The Bertz CT molecular complexity index is 846. The molecule has 3 heteroatoms. The number of Topliss-reactive ketones (excluding diaryl/α,β-unsaturated/α-hetero) is 1. The Balaban J connectivity index is 0.000000149. The first-order chi connectivity index (χ1) is 11.6. The zero-order valence-corrected chi connectivity index (χ0v) is 14.2. The molecule has 1 aliphatic rings. The molecule has 1 aromatic heterocycles. The summed E-state index contributed by atoms with van der Waals surface area (Å²) in [6.07, 6.45) is 2.51. The van der Waals surface area contributed by atoms with Gasteiger partial charge in [-0.3, -0.25) is 9.78 Å². The minimum Gasteiger partial charge on any atom is -0.385 e. The molecule has 0 radical (unpaired) electrons. The molecule has 1 aliphatic heterocycles. The molecule has 0 unspecified atom stereocenters. The average Bonchev–Trinajstić information content (AvgIpc) is 2.61. The van der Waals surface area contributed by atoms with Gasteiger partial charge < -0.3 is 5.32 Å². The van der Waals surface area contributed by atoms with E-state index in [0.717, 1.165) is 23.1 Å². The molecule has 3 aromatic rings. The molecule has 0 atom stereocenters. The summed E-state index contributed by atoms with van der Waals surface area (Å²) in [6.45, 7) is 4.57. The molecule has 0 saturated heterocycles. The van der Waals surface area contributed by atoms with E-state index in [1.807, 2.05) is 37.3 Å². The Kier molecular flexibility index (Phi) is 4.90. The van der Waals surface area contributed by atoms with Gasteiger partial charge in [0.05, 0.1) is 5.52 Å². The van der Waals surface area contributed by atoms with Crippen LogP contribution in [0, 0.1) is 6.92 Å². The Morgan fingerprint density at radius 2 is 1.83 bits per heavy atom. The molecular weight excluding hydrogens is 296 g/mol. The van der Waals surface area contributed by atoms with E-state index in [9.17, 15) is 4.79 Å². The van der Waals surface area contributed by atoms with E-state index in [2.05, 4.69) is 34.6 Å². The molecule has 4 rings (SSSR count). The van der Waals surface area contributed by atoms with Gasteiger partial charge in [0.25, 0.3) is 0 Å². The van der Waals surface area contributed by atoms with Crippen LogP contribution in [-0.4, -0.2) is 17.3 Å². The van der Waals surface area contributed by atoms with Crippen molar-refractivity contribution in [3.63, 3.8) is 0 Å². The van der Waals surface area contributed by atoms with Gasteiger partial charge in [-0.05, 0) is 50.5 Å². The molecule has 0 amide bonds. The summed E-state index contributed by atoms with van der Waals surface area (Å²) in [5.74, 6) is 0.0701. The third-order valence-electron chi connectivity index (χ3n) is 4.25. The molecule has 3 nitrogen and oxygen atoms in total. The smallest absolute Gasteiger partial charge is 0.161 e. The van der Waals surface area contributed by atoms with Crippen molar-refractivity contribution in [2.45, 2.75) is 26.7 Å². The lowest BCUT2D eigenvalue weighted by atomic mass is 10.0. The second kappa shape index (κ2) is 7.26. The summed E-state index contributed by atoms with van der Waals surface area (Å²) in [5, 5.41) is 4.38. The lowest BCUT2D eigenvalue weighted by molar-refractivity contribution is 0.101. The number of carbonyl (C=O) groups is 1. The van der Waals surface area contributed by atoms with Crippen molar-refractivity contribution >= 4 is 22.4 Å². The van der Waals surface area contributed by atoms with Crippen molar-refractivity contribution in [2.24, 2.45) is 0 Å². The molecule has 0 spiro atoms. The number of para-hydroxylation sites is 2. The lowest BCUT2D eigenvalue weighted by Gasteiger charge is -2.16. The summed E-state index contributed by atoms with van der Waals surface area (Å²) in [5.41, 5.74) is 5.25. The summed E-state index contributed by atoms with van der Waals surface area (Å²) >= 11 is 0. The van der Waals surface area contributed by atoms with Crippen molar-refractivity contribution in [2.75, 3.05) is 11.9 Å². The fraction of sp³-hybridized carbons (Fsp3) is 0.238. The van der Waals surface area contributed by atoms with Crippen LogP contribution in [-0.2, 0) is 6.42 Å². The number of rotatable bonds is 1. The highest BCUT2D eigenvalue weighted by molar-refractivity contribution is 5.98. The van der Waals surface area contributed by atoms with E-state index < -0.39 is 0 Å². The van der Waals surface area contributed by atoms with Crippen LogP contribution in [0.1, 0.15) is 35.0 Å². The number of nitrogens with zero attached hydrogens (tertiary/aromatic N) is 1. The topological polar surface area (TPSA) is 42.0 Å². The molecule has 1 N–H and O–H groups in total. The van der Waals surface area contributed by atoms with Crippen LogP contribution in [0.25, 0.3) is 10.9 Å². The molecular formula is C21H22N2O. The van der Waals surface area contributed by atoms with Crippen molar-refractivity contribution in [1.82, 2.24) is 4.98 Å². The molecule has 0 fully saturated rings. The highest BCUT2D eigenvalue weighted by Gasteiger charge is 2.06. The summed E-state index contributed by atoms with van der Waals surface area (Å²) in [7, 11) is 0. The van der Waals surface area contributed by atoms with Crippen molar-refractivity contribution in [3.05, 3.63) is 71.4 Å². The standard InChI is InChI=1S/C12H11NO.C9H11N/c1-8-11(9(2)14)7-10-5-3-4-6-12(10)13-8;1-2-6-9-8(4-1)5-3-7-10-9/h3-7H,1-2H3;1-2,4,6,10H,3,5,7H2. The number of benzene rings is 2. The number of pyridine rings is 1. The van der Waals surface area contributed by atoms with Crippen LogP contribution in [0.4, 0.5) is 5.69 Å². The summed E-state index contributed by atoms with van der Waals surface area (Å²) in [4.78, 5) is 15.6. The average molecular weight is 318 g/mol. The summed E-state index contributed by atoms with van der Waals surface area (Å²) < 4.78 is 0. The Morgan fingerprint density at radius 1 is 1.08 bits per heavy atom. The van der Waals surface area contributed by atoms with Crippen LogP contribution in [0.2, 0.25) is 0 Å². The van der Waals surface area contributed by atoms with Gasteiger partial charge in [-0.1, -0.05) is 36.4 Å². The second-order valence-corrected chi connectivity index (χ2v) is 6.06. The Morgan fingerprint density at radius 3 is 2.62 bits per heavy atom. The fourth-order valence-corrected chi connectivity index (χ4v) is 2.98. The van der Waals surface area contributed by atoms with E-state index in [-0.39, 0.29) is 5.78 Å². The largest absolute Gasteiger partial charge is 0.385 e. The number of hydrogen-bond acceptors (Lipinski definition) is 3. The molecule has 122 valence electrons. The van der Waals surface area contributed by atoms with Gasteiger partial charge in [0.2, 0.25) is 0 Å². The quantitative estimate of drug-likeness (QED) is 0.656. The molecule has 0 saturated carbocycles. The highest BCUT2D eigenvalue weighted by atomic mass is 16.1. The predicted molar refractivity (Wildman–Crippen MR) is 99.7 cm³/mol. The monoisotopic (exact) mass is 318 g/mol. The van der Waals surface area contributed by atoms with E-state index in [0.29, 0.717) is 5.56 Å². The van der Waals surface area contributed by atoms with Gasteiger partial charge in [0.15, 0.2) is 5.78 Å². The van der Waals surface area contributed by atoms with Crippen molar-refractivity contribution in [1.29, 1.82) is 0 Å². The number of anilines is 1. The number of aryl methyl sites for hydroxylation is 2. The first kappa shape index (κ1) is 16.2. The lowest BCUT2D eigenvalue weighted by Crippen LogP contribution is -2.10. The van der Waals surface area contributed by atoms with Crippen LogP contribution in [0.15, 0.2) is 54.6 Å². The minimum atomic E-state index is 0.0701. The van der Waals surface area contributed by atoms with Gasteiger partial charge in [0.1, 0.15) is 0 Å². The molecule has 24 heavy (non-hydrogen) atoms. The Labute approximate surface area is 142 Å². The normalized spacial score (nSPS) is 12.6. The van der Waals surface area contributed by atoms with Gasteiger partial charge in [-0.25, -0.2) is 0 Å². The maximum absolute atomic E-state index is 11.3. The highest BCUT2D eigenvalue weighted by Crippen LogP contribution is 2.20. The van der Waals surface area contributed by atoms with Gasteiger partial charge in [0, 0.05) is 28.9 Å². The Hall–Kier alpha value is -2.68. The third-order valence-corrected chi connectivity index (χ3v) is 4.25. The fourth-order valence-electron chi connectivity index (χ4n) is 2.98. The molecule has 0 aliphatic carbocycles. The SMILES string of the molecule is CC(=O)c1cc2ccccc2nc1C.c1ccc2c(c1)CCCN2. The number of ketones is 1. The van der Waals surface area contributed by atoms with Gasteiger partial charge in [-0.15, -0.1) is 0 Å². The first-order valence-corrected chi connectivity index (χ1v) is 8.34. The van der Waals surface area contributed by atoms with E-state index >= 15 is 0 Å². The summed E-state index contributed by atoms with van der Waals surface area (Å²) in [6, 6.07) is 18.2. The predicted octanol–water partition coefficient (Wildman–Crippen LogP) is 4.79. The van der Waals surface area contributed by atoms with Crippen LogP contribution < -0.4 is 5.32 Å². The third kappa shape index (κ3) is 3.62.